The lowest BCUT2D eigenvalue weighted by atomic mass is 10.2. The minimum atomic E-state index is -0.319. The number of aryl methyl sites for hydroxylation is 2. The van der Waals surface area contributed by atoms with E-state index in [9.17, 15) is 4.79 Å². The Morgan fingerprint density at radius 2 is 1.36 bits per heavy atom. The number of hydrogen-bond donors (Lipinski definition) is 0. The van der Waals surface area contributed by atoms with Gasteiger partial charge in [-0.1, -0.05) is 35.4 Å². The van der Waals surface area contributed by atoms with Gasteiger partial charge in [-0.25, -0.2) is 4.79 Å². The first-order valence-corrected chi connectivity index (χ1v) is 8.84. The highest BCUT2D eigenvalue weighted by Crippen LogP contribution is 2.29. The number of ether oxygens (including phenoxy) is 1. The zero-order chi connectivity index (χ0) is 16.1. The summed E-state index contributed by atoms with van der Waals surface area (Å²) in [6, 6.07) is 16.9. The SMILES string of the molecule is CCOC(=O)C(C)[S+](c1ccc(C)cc1)c1ccc(C)cc1. The molecule has 22 heavy (non-hydrogen) atoms. The first kappa shape index (κ1) is 16.6. The molecule has 2 aromatic rings. The van der Waals surface area contributed by atoms with E-state index in [4.69, 9.17) is 4.74 Å². The molecule has 0 radical (unpaired) electrons. The molecule has 0 saturated heterocycles. The van der Waals surface area contributed by atoms with Gasteiger partial charge in [0.25, 0.3) is 0 Å². The molecule has 116 valence electrons. The molecule has 0 fully saturated rings. The Labute approximate surface area is 135 Å². The summed E-state index contributed by atoms with van der Waals surface area (Å²) < 4.78 is 5.24. The monoisotopic (exact) mass is 315 g/mol. The molecule has 0 heterocycles. The van der Waals surface area contributed by atoms with Crippen LogP contribution in [0.5, 0.6) is 0 Å². The van der Waals surface area contributed by atoms with Crippen molar-refractivity contribution in [2.45, 2.75) is 42.7 Å². The first-order chi connectivity index (χ1) is 10.5. The van der Waals surface area contributed by atoms with Gasteiger partial charge in [-0.2, -0.15) is 0 Å². The van der Waals surface area contributed by atoms with Crippen molar-refractivity contribution >= 4 is 16.9 Å². The Morgan fingerprint density at radius 1 is 0.955 bits per heavy atom. The van der Waals surface area contributed by atoms with Gasteiger partial charge in [0.2, 0.25) is 5.25 Å². The normalized spacial score (nSPS) is 12.2. The van der Waals surface area contributed by atoms with Crippen molar-refractivity contribution in [3.8, 4) is 0 Å². The fourth-order valence-corrected chi connectivity index (χ4v) is 4.48. The maximum atomic E-state index is 12.2. The number of benzene rings is 2. The van der Waals surface area contributed by atoms with E-state index in [1.165, 1.54) is 20.9 Å². The number of esters is 1. The Kier molecular flexibility index (Phi) is 5.67. The van der Waals surface area contributed by atoms with Gasteiger partial charge < -0.3 is 4.74 Å². The molecular formula is C19H23O2S+. The Bertz CT molecular complexity index is 571. The van der Waals surface area contributed by atoms with Crippen LogP contribution in [0, 0.1) is 13.8 Å². The molecule has 1 atom stereocenters. The molecule has 1 unspecified atom stereocenters. The van der Waals surface area contributed by atoms with Crippen LogP contribution in [-0.4, -0.2) is 17.8 Å². The smallest absolute Gasteiger partial charge is 0.360 e. The quantitative estimate of drug-likeness (QED) is 0.608. The van der Waals surface area contributed by atoms with Crippen LogP contribution in [0.15, 0.2) is 58.3 Å². The number of rotatable bonds is 5. The average molecular weight is 315 g/mol. The summed E-state index contributed by atoms with van der Waals surface area (Å²) in [6.07, 6.45) is 0. The van der Waals surface area contributed by atoms with Crippen LogP contribution in [0.1, 0.15) is 25.0 Å². The zero-order valence-corrected chi connectivity index (χ0v) is 14.4. The molecule has 3 heteroatoms. The van der Waals surface area contributed by atoms with E-state index in [1.54, 1.807) is 0 Å². The molecule has 2 rings (SSSR count). The van der Waals surface area contributed by atoms with Gasteiger partial charge in [-0.05, 0) is 52.0 Å². The second kappa shape index (κ2) is 7.50. The van der Waals surface area contributed by atoms with E-state index < -0.39 is 0 Å². The van der Waals surface area contributed by atoms with E-state index in [0.717, 1.165) is 0 Å². The van der Waals surface area contributed by atoms with Crippen molar-refractivity contribution < 1.29 is 9.53 Å². The number of hydrogen-bond acceptors (Lipinski definition) is 2. The fraction of sp³-hybridized carbons (Fsp3) is 0.316. The maximum absolute atomic E-state index is 12.2. The second-order valence-electron chi connectivity index (χ2n) is 5.36. The van der Waals surface area contributed by atoms with Crippen LogP contribution in [-0.2, 0) is 20.4 Å². The lowest BCUT2D eigenvalue weighted by molar-refractivity contribution is -0.142. The van der Waals surface area contributed by atoms with Gasteiger partial charge in [0, 0.05) is 0 Å². The second-order valence-corrected chi connectivity index (χ2v) is 7.68. The lowest BCUT2D eigenvalue weighted by Crippen LogP contribution is -2.29. The van der Waals surface area contributed by atoms with Gasteiger partial charge in [0.1, 0.15) is 0 Å². The first-order valence-electron chi connectivity index (χ1n) is 7.56. The van der Waals surface area contributed by atoms with Crippen LogP contribution in [0.4, 0.5) is 0 Å². The van der Waals surface area contributed by atoms with Gasteiger partial charge in [-0.3, -0.25) is 0 Å². The molecule has 0 aliphatic carbocycles. The average Bonchev–Trinajstić information content (AvgIpc) is 2.51. The summed E-state index contributed by atoms with van der Waals surface area (Å²) >= 11 is 0. The van der Waals surface area contributed by atoms with Crippen molar-refractivity contribution in [1.29, 1.82) is 0 Å². The van der Waals surface area contributed by atoms with Crippen molar-refractivity contribution in [2.24, 2.45) is 0 Å². The molecular weight excluding hydrogens is 292 g/mol. The molecule has 0 N–H and O–H groups in total. The standard InChI is InChI=1S/C19H23O2S/c1-5-21-19(20)16(4)22(17-10-6-14(2)7-11-17)18-12-8-15(3)9-13-18/h6-13,16H,5H2,1-4H3/q+1. The van der Waals surface area contributed by atoms with E-state index in [-0.39, 0.29) is 22.1 Å². The summed E-state index contributed by atoms with van der Waals surface area (Å²) in [5, 5.41) is -0.189. The highest BCUT2D eigenvalue weighted by Gasteiger charge is 2.38. The highest BCUT2D eigenvalue weighted by atomic mass is 32.2. The molecule has 2 aromatic carbocycles. The van der Waals surface area contributed by atoms with Gasteiger partial charge in [-0.15, -0.1) is 0 Å². The van der Waals surface area contributed by atoms with Crippen LogP contribution in [0.3, 0.4) is 0 Å². The molecule has 0 aromatic heterocycles. The van der Waals surface area contributed by atoms with Crippen molar-refractivity contribution in [1.82, 2.24) is 0 Å². The largest absolute Gasteiger partial charge is 0.462 e. The Hall–Kier alpha value is -1.74. The molecule has 0 bridgehead atoms. The summed E-state index contributed by atoms with van der Waals surface area (Å²) in [7, 11) is -0.319. The minimum Gasteiger partial charge on any atom is -0.462 e. The molecule has 0 aliphatic heterocycles. The molecule has 0 amide bonds. The maximum Gasteiger partial charge on any atom is 0.360 e. The van der Waals surface area contributed by atoms with Crippen LogP contribution in [0.2, 0.25) is 0 Å². The zero-order valence-electron chi connectivity index (χ0n) is 13.6. The van der Waals surface area contributed by atoms with E-state index in [0.29, 0.717) is 6.61 Å². The van der Waals surface area contributed by atoms with Gasteiger partial charge >= 0.3 is 5.97 Å². The Balaban J connectivity index is 2.41. The number of carbonyl (C=O) groups excluding carboxylic acids is 1. The van der Waals surface area contributed by atoms with Crippen LogP contribution >= 0.6 is 0 Å². The number of carbonyl (C=O) groups is 1. The van der Waals surface area contributed by atoms with Crippen LogP contribution in [0.25, 0.3) is 0 Å². The molecule has 0 saturated carbocycles. The third-order valence-corrected chi connectivity index (χ3v) is 5.98. The molecule has 0 aliphatic rings. The predicted octanol–water partition coefficient (Wildman–Crippen LogP) is 4.29. The predicted molar refractivity (Wildman–Crippen MR) is 92.4 cm³/mol. The van der Waals surface area contributed by atoms with Crippen molar-refractivity contribution in [2.75, 3.05) is 6.61 Å². The minimum absolute atomic E-state index is 0.132. The topological polar surface area (TPSA) is 26.3 Å². The van der Waals surface area contributed by atoms with Gasteiger partial charge in [0.15, 0.2) is 9.79 Å². The van der Waals surface area contributed by atoms with Crippen molar-refractivity contribution in [3.63, 3.8) is 0 Å². The van der Waals surface area contributed by atoms with Gasteiger partial charge in [0.05, 0.1) is 17.5 Å². The molecule has 0 spiro atoms. The van der Waals surface area contributed by atoms with E-state index in [2.05, 4.69) is 62.4 Å². The third-order valence-electron chi connectivity index (χ3n) is 3.52. The van der Waals surface area contributed by atoms with Crippen LogP contribution < -0.4 is 0 Å². The van der Waals surface area contributed by atoms with Crippen molar-refractivity contribution in [3.05, 3.63) is 59.7 Å². The molecule has 2 nitrogen and oxygen atoms in total. The third kappa shape index (κ3) is 3.92. The summed E-state index contributed by atoms with van der Waals surface area (Å²) in [5.41, 5.74) is 2.44. The highest BCUT2D eigenvalue weighted by molar-refractivity contribution is 7.98. The van der Waals surface area contributed by atoms with E-state index >= 15 is 0 Å². The summed E-state index contributed by atoms with van der Waals surface area (Å²) in [5.74, 6) is -0.132. The fourth-order valence-electron chi connectivity index (χ4n) is 2.27. The Morgan fingerprint density at radius 3 is 1.73 bits per heavy atom. The summed E-state index contributed by atoms with van der Waals surface area (Å²) in [4.78, 5) is 14.6. The van der Waals surface area contributed by atoms with E-state index in [1.807, 2.05) is 13.8 Å². The summed E-state index contributed by atoms with van der Waals surface area (Å²) in [6.45, 7) is 8.37. The lowest BCUT2D eigenvalue weighted by Gasteiger charge is -2.14.